The number of nitrogens with zero attached hydrogens (tertiary/aromatic N) is 1. The molecule has 2 heterocycles. The Morgan fingerprint density at radius 1 is 1.44 bits per heavy atom. The molecule has 1 N–H and O–H groups in total. The second-order valence-electron chi connectivity index (χ2n) is 3.77. The molecule has 0 aliphatic heterocycles. The first-order chi connectivity index (χ1) is 8.72. The number of anilines is 1. The highest BCUT2D eigenvalue weighted by atomic mass is 32.1. The summed E-state index contributed by atoms with van der Waals surface area (Å²) >= 11 is 1.66. The van der Waals surface area contributed by atoms with Gasteiger partial charge in [-0.1, -0.05) is 6.07 Å². The zero-order valence-corrected chi connectivity index (χ0v) is 11.0. The molecule has 0 aliphatic carbocycles. The number of hydrogen-bond acceptors (Lipinski definition) is 5. The van der Waals surface area contributed by atoms with Gasteiger partial charge in [0, 0.05) is 11.1 Å². The van der Waals surface area contributed by atoms with Crippen LogP contribution < -0.4 is 5.32 Å². The van der Waals surface area contributed by atoms with E-state index in [1.54, 1.807) is 29.7 Å². The molecule has 0 saturated heterocycles. The predicted octanol–water partition coefficient (Wildman–Crippen LogP) is 3.10. The van der Waals surface area contributed by atoms with Crippen LogP contribution in [0.3, 0.4) is 0 Å². The molecule has 0 bridgehead atoms. The van der Waals surface area contributed by atoms with E-state index in [0.29, 0.717) is 11.4 Å². The molecule has 18 heavy (non-hydrogen) atoms. The molecule has 5 heteroatoms. The van der Waals surface area contributed by atoms with Crippen LogP contribution in [0.2, 0.25) is 0 Å². The van der Waals surface area contributed by atoms with Gasteiger partial charge in [0.05, 0.1) is 13.2 Å². The summed E-state index contributed by atoms with van der Waals surface area (Å²) in [6.45, 7) is 2.03. The Bertz CT molecular complexity index is 526. The molecule has 0 amide bonds. The molecule has 4 nitrogen and oxygen atoms in total. The van der Waals surface area contributed by atoms with Crippen molar-refractivity contribution < 1.29 is 9.53 Å². The molecule has 0 saturated carbocycles. The lowest BCUT2D eigenvalue weighted by molar-refractivity contribution is 0.0601. The van der Waals surface area contributed by atoms with Crippen molar-refractivity contribution in [2.24, 2.45) is 0 Å². The van der Waals surface area contributed by atoms with Crippen molar-refractivity contribution in [3.8, 4) is 0 Å². The first-order valence-electron chi connectivity index (χ1n) is 5.55. The first kappa shape index (κ1) is 12.6. The summed E-state index contributed by atoms with van der Waals surface area (Å²) in [5.74, 6) is 0.161. The van der Waals surface area contributed by atoms with Crippen LogP contribution in [-0.4, -0.2) is 18.1 Å². The average Bonchev–Trinajstić information content (AvgIpc) is 2.92. The van der Waals surface area contributed by atoms with Crippen LogP contribution in [0.25, 0.3) is 0 Å². The first-order valence-corrected chi connectivity index (χ1v) is 6.43. The second kappa shape index (κ2) is 5.64. The molecule has 1 atom stereocenters. The third kappa shape index (κ3) is 2.68. The van der Waals surface area contributed by atoms with Crippen LogP contribution in [0.5, 0.6) is 0 Å². The topological polar surface area (TPSA) is 51.2 Å². The predicted molar refractivity (Wildman–Crippen MR) is 71.9 cm³/mol. The highest BCUT2D eigenvalue weighted by Gasteiger charge is 2.15. The normalized spacial score (nSPS) is 11.9. The van der Waals surface area contributed by atoms with Gasteiger partial charge in [-0.25, -0.2) is 9.78 Å². The van der Waals surface area contributed by atoms with Gasteiger partial charge in [-0.2, -0.15) is 0 Å². The van der Waals surface area contributed by atoms with Crippen LogP contribution in [0.15, 0.2) is 35.8 Å². The van der Waals surface area contributed by atoms with E-state index in [0.717, 1.165) is 0 Å². The van der Waals surface area contributed by atoms with E-state index in [1.165, 1.54) is 12.0 Å². The molecule has 2 aromatic rings. The number of rotatable bonds is 4. The Morgan fingerprint density at radius 3 is 2.94 bits per heavy atom. The standard InChI is InChI=1S/C13H14N2O2S/c1-9(11-6-4-8-18-11)15-12-10(13(16)17-2)5-3-7-14-12/h3-9H,1-2H3,(H,14,15). The zero-order valence-electron chi connectivity index (χ0n) is 10.2. The van der Waals surface area contributed by atoms with E-state index in [-0.39, 0.29) is 12.0 Å². The fraction of sp³-hybridized carbons (Fsp3) is 0.231. The summed E-state index contributed by atoms with van der Waals surface area (Å²) in [5.41, 5.74) is 0.448. The molecule has 0 fully saturated rings. The molecular weight excluding hydrogens is 248 g/mol. The number of methoxy groups -OCH3 is 1. The number of aromatic nitrogens is 1. The molecule has 94 valence electrons. The van der Waals surface area contributed by atoms with Gasteiger partial charge in [0.15, 0.2) is 0 Å². The zero-order chi connectivity index (χ0) is 13.0. The van der Waals surface area contributed by atoms with Crippen LogP contribution in [0.1, 0.15) is 28.2 Å². The number of carbonyl (C=O) groups is 1. The highest BCUT2D eigenvalue weighted by molar-refractivity contribution is 7.10. The van der Waals surface area contributed by atoms with Crippen molar-refractivity contribution in [2.45, 2.75) is 13.0 Å². The number of esters is 1. The Kier molecular flexibility index (Phi) is 3.94. The number of carbonyl (C=O) groups excluding carboxylic acids is 1. The Labute approximate surface area is 110 Å². The quantitative estimate of drug-likeness (QED) is 0.860. The molecule has 2 aromatic heterocycles. The van der Waals surface area contributed by atoms with Crippen molar-refractivity contribution in [1.29, 1.82) is 0 Å². The number of nitrogens with one attached hydrogen (secondary N) is 1. The third-order valence-corrected chi connectivity index (χ3v) is 3.59. The molecule has 0 aromatic carbocycles. The van der Waals surface area contributed by atoms with Crippen LogP contribution in [0.4, 0.5) is 5.82 Å². The summed E-state index contributed by atoms with van der Waals surface area (Å²) in [7, 11) is 1.36. The monoisotopic (exact) mass is 262 g/mol. The lowest BCUT2D eigenvalue weighted by Gasteiger charge is -2.14. The fourth-order valence-electron chi connectivity index (χ4n) is 1.61. The minimum atomic E-state index is -0.385. The summed E-state index contributed by atoms with van der Waals surface area (Å²) in [6, 6.07) is 7.56. The van der Waals surface area contributed by atoms with Crippen molar-refractivity contribution in [1.82, 2.24) is 4.98 Å². The Balaban J connectivity index is 2.21. The van der Waals surface area contributed by atoms with E-state index in [2.05, 4.69) is 10.3 Å². The molecule has 0 aliphatic rings. The number of pyridine rings is 1. The van der Waals surface area contributed by atoms with E-state index in [1.807, 2.05) is 24.4 Å². The third-order valence-electron chi connectivity index (χ3n) is 2.54. The summed E-state index contributed by atoms with van der Waals surface area (Å²) in [5, 5.41) is 5.25. The largest absolute Gasteiger partial charge is 0.465 e. The maximum Gasteiger partial charge on any atom is 0.341 e. The van der Waals surface area contributed by atoms with E-state index in [4.69, 9.17) is 4.74 Å². The number of hydrogen-bond donors (Lipinski definition) is 1. The Hall–Kier alpha value is -1.88. The van der Waals surface area contributed by atoms with Gasteiger partial charge < -0.3 is 10.1 Å². The fourth-order valence-corrected chi connectivity index (χ4v) is 2.34. The molecule has 0 spiro atoms. The van der Waals surface area contributed by atoms with Gasteiger partial charge in [-0.05, 0) is 30.5 Å². The summed E-state index contributed by atoms with van der Waals surface area (Å²) in [4.78, 5) is 17.0. The van der Waals surface area contributed by atoms with Crippen LogP contribution in [0, 0.1) is 0 Å². The van der Waals surface area contributed by atoms with Crippen molar-refractivity contribution in [3.63, 3.8) is 0 Å². The average molecular weight is 262 g/mol. The van der Waals surface area contributed by atoms with E-state index < -0.39 is 0 Å². The van der Waals surface area contributed by atoms with Gasteiger partial charge >= 0.3 is 5.97 Å². The number of ether oxygens (including phenoxy) is 1. The maximum atomic E-state index is 11.6. The van der Waals surface area contributed by atoms with Crippen LogP contribution >= 0.6 is 11.3 Å². The lowest BCUT2D eigenvalue weighted by atomic mass is 10.2. The smallest absolute Gasteiger partial charge is 0.341 e. The van der Waals surface area contributed by atoms with Gasteiger partial charge in [0.1, 0.15) is 11.4 Å². The van der Waals surface area contributed by atoms with E-state index in [9.17, 15) is 4.79 Å². The Morgan fingerprint density at radius 2 is 2.28 bits per heavy atom. The van der Waals surface area contributed by atoms with Crippen molar-refractivity contribution in [3.05, 3.63) is 46.3 Å². The van der Waals surface area contributed by atoms with Crippen molar-refractivity contribution >= 4 is 23.1 Å². The molecule has 2 rings (SSSR count). The maximum absolute atomic E-state index is 11.6. The minimum absolute atomic E-state index is 0.100. The molecular formula is C13H14N2O2S. The highest BCUT2D eigenvalue weighted by Crippen LogP contribution is 2.24. The summed E-state index contributed by atoms with van der Waals surface area (Å²) < 4.78 is 4.73. The second-order valence-corrected chi connectivity index (χ2v) is 4.75. The van der Waals surface area contributed by atoms with E-state index >= 15 is 0 Å². The van der Waals surface area contributed by atoms with Gasteiger partial charge in [-0.15, -0.1) is 11.3 Å². The van der Waals surface area contributed by atoms with Gasteiger partial charge in [0.25, 0.3) is 0 Å². The number of thiophene rings is 1. The van der Waals surface area contributed by atoms with Crippen LogP contribution in [-0.2, 0) is 4.74 Å². The SMILES string of the molecule is COC(=O)c1cccnc1NC(C)c1cccs1. The van der Waals surface area contributed by atoms with Crippen molar-refractivity contribution in [2.75, 3.05) is 12.4 Å². The van der Waals surface area contributed by atoms with Gasteiger partial charge in [-0.3, -0.25) is 0 Å². The molecule has 0 radical (unpaired) electrons. The summed E-state index contributed by atoms with van der Waals surface area (Å²) in [6.07, 6.45) is 1.65. The lowest BCUT2D eigenvalue weighted by Crippen LogP contribution is -2.12. The minimum Gasteiger partial charge on any atom is -0.465 e. The molecule has 1 unspecified atom stereocenters. The van der Waals surface area contributed by atoms with Gasteiger partial charge in [0.2, 0.25) is 0 Å².